The number of carbonyl (C=O) groups excluding carboxylic acids is 1. The summed E-state index contributed by atoms with van der Waals surface area (Å²) in [5.74, 6) is 0.825. The Morgan fingerprint density at radius 1 is 1.41 bits per heavy atom. The van der Waals surface area contributed by atoms with Crippen LogP contribution in [0.1, 0.15) is 20.8 Å². The van der Waals surface area contributed by atoms with Crippen LogP contribution < -0.4 is 4.74 Å². The molecule has 22 heavy (non-hydrogen) atoms. The molecule has 1 aromatic heterocycles. The van der Waals surface area contributed by atoms with E-state index < -0.39 is 5.60 Å². The van der Waals surface area contributed by atoms with Gasteiger partial charge in [-0.2, -0.15) is 5.10 Å². The highest BCUT2D eigenvalue weighted by molar-refractivity contribution is 5.68. The van der Waals surface area contributed by atoms with Gasteiger partial charge in [0, 0.05) is 26.6 Å². The summed E-state index contributed by atoms with van der Waals surface area (Å²) in [4.78, 5) is 13.8. The van der Waals surface area contributed by atoms with Gasteiger partial charge in [0.25, 0.3) is 0 Å². The van der Waals surface area contributed by atoms with E-state index in [0.717, 1.165) is 0 Å². The molecule has 2 atom stereocenters. The Hall–Kier alpha value is -1.76. The molecule has 0 aromatic carbocycles. The Balaban J connectivity index is 1.90. The number of hydrogen-bond acceptors (Lipinski definition) is 5. The summed E-state index contributed by atoms with van der Waals surface area (Å²) in [6, 6.07) is 0. The molecule has 2 heterocycles. The first-order chi connectivity index (χ1) is 10.3. The van der Waals surface area contributed by atoms with Gasteiger partial charge in [0.05, 0.1) is 31.6 Å². The summed E-state index contributed by atoms with van der Waals surface area (Å²) in [6.45, 7) is 7.14. The summed E-state index contributed by atoms with van der Waals surface area (Å²) >= 11 is 0. The van der Waals surface area contributed by atoms with E-state index in [1.165, 1.54) is 0 Å². The van der Waals surface area contributed by atoms with Crippen LogP contribution >= 0.6 is 0 Å². The Kier molecular flexibility index (Phi) is 4.95. The van der Waals surface area contributed by atoms with E-state index in [-0.39, 0.29) is 18.1 Å². The highest BCUT2D eigenvalue weighted by atomic mass is 16.6. The average Bonchev–Trinajstić information content (AvgIpc) is 3.00. The molecule has 2 rings (SSSR count). The zero-order valence-electron chi connectivity index (χ0n) is 13.9. The fraction of sp³-hybridized carbons (Fsp3) is 0.733. The van der Waals surface area contributed by atoms with Crippen LogP contribution in [0.4, 0.5) is 4.79 Å². The standard InChI is InChI=1S/C15H25N3O4/c1-15(2,3)22-14(19)18-7-11(13(9-18)20-5)10-21-12-6-16-17(4)8-12/h6,8,11,13H,7,9-10H2,1-5H3/t11-,13+/m0/s1. The molecule has 7 nitrogen and oxygen atoms in total. The molecule has 0 bridgehead atoms. The SMILES string of the molecule is CO[C@@H]1CN(C(=O)OC(C)(C)C)C[C@H]1COc1cnn(C)c1. The number of rotatable bonds is 4. The molecular weight excluding hydrogens is 286 g/mol. The Bertz CT molecular complexity index is 509. The summed E-state index contributed by atoms with van der Waals surface area (Å²) in [5, 5.41) is 4.06. The highest BCUT2D eigenvalue weighted by Gasteiger charge is 2.37. The number of methoxy groups -OCH3 is 1. The average molecular weight is 311 g/mol. The first kappa shape index (κ1) is 16.6. The van der Waals surface area contributed by atoms with E-state index in [4.69, 9.17) is 14.2 Å². The molecule has 1 aliphatic heterocycles. The molecule has 0 N–H and O–H groups in total. The van der Waals surface area contributed by atoms with E-state index in [1.54, 1.807) is 22.9 Å². The zero-order chi connectivity index (χ0) is 16.3. The minimum Gasteiger partial charge on any atom is -0.490 e. The van der Waals surface area contributed by atoms with Gasteiger partial charge in [-0.05, 0) is 20.8 Å². The maximum atomic E-state index is 12.1. The van der Waals surface area contributed by atoms with Gasteiger partial charge in [-0.15, -0.1) is 0 Å². The van der Waals surface area contributed by atoms with Crippen molar-refractivity contribution in [3.8, 4) is 5.75 Å². The van der Waals surface area contributed by atoms with Crippen molar-refractivity contribution in [1.29, 1.82) is 0 Å². The van der Waals surface area contributed by atoms with Crippen molar-refractivity contribution in [2.45, 2.75) is 32.5 Å². The maximum Gasteiger partial charge on any atom is 0.410 e. The van der Waals surface area contributed by atoms with Crippen LogP contribution in [-0.2, 0) is 16.5 Å². The predicted octanol–water partition coefficient (Wildman–Crippen LogP) is 1.68. The van der Waals surface area contributed by atoms with Gasteiger partial charge >= 0.3 is 6.09 Å². The lowest BCUT2D eigenvalue weighted by Gasteiger charge is -2.24. The molecular formula is C15H25N3O4. The van der Waals surface area contributed by atoms with E-state index in [2.05, 4.69) is 5.10 Å². The third-order valence-electron chi connectivity index (χ3n) is 3.48. The molecule has 1 amide bonds. The van der Waals surface area contributed by atoms with Gasteiger partial charge in [-0.25, -0.2) is 4.79 Å². The van der Waals surface area contributed by atoms with E-state index in [1.807, 2.05) is 34.0 Å². The fourth-order valence-corrected chi connectivity index (χ4v) is 2.42. The van der Waals surface area contributed by atoms with Crippen LogP contribution in [0.2, 0.25) is 0 Å². The van der Waals surface area contributed by atoms with Crippen LogP contribution in [0.5, 0.6) is 5.75 Å². The largest absolute Gasteiger partial charge is 0.490 e. The molecule has 0 unspecified atom stereocenters. The van der Waals surface area contributed by atoms with Crippen molar-refractivity contribution in [1.82, 2.24) is 14.7 Å². The van der Waals surface area contributed by atoms with E-state index >= 15 is 0 Å². The number of hydrogen-bond donors (Lipinski definition) is 0. The highest BCUT2D eigenvalue weighted by Crippen LogP contribution is 2.23. The number of ether oxygens (including phenoxy) is 3. The lowest BCUT2D eigenvalue weighted by molar-refractivity contribution is 0.0250. The van der Waals surface area contributed by atoms with Crippen molar-refractivity contribution < 1.29 is 19.0 Å². The van der Waals surface area contributed by atoms with Gasteiger partial charge in [0.15, 0.2) is 5.75 Å². The summed E-state index contributed by atoms with van der Waals surface area (Å²) in [5.41, 5.74) is -0.496. The van der Waals surface area contributed by atoms with Crippen molar-refractivity contribution in [3.63, 3.8) is 0 Å². The number of likely N-dealkylation sites (tertiary alicyclic amines) is 1. The van der Waals surface area contributed by atoms with E-state index in [0.29, 0.717) is 25.4 Å². The first-order valence-corrected chi connectivity index (χ1v) is 7.40. The van der Waals surface area contributed by atoms with Gasteiger partial charge in [-0.3, -0.25) is 4.68 Å². The summed E-state index contributed by atoms with van der Waals surface area (Å²) in [7, 11) is 3.49. The first-order valence-electron chi connectivity index (χ1n) is 7.40. The number of carbonyl (C=O) groups is 1. The second-order valence-corrected chi connectivity index (χ2v) is 6.58. The molecule has 1 aliphatic rings. The van der Waals surface area contributed by atoms with Gasteiger partial charge < -0.3 is 19.1 Å². The minimum atomic E-state index is -0.496. The summed E-state index contributed by atoms with van der Waals surface area (Å²) in [6.07, 6.45) is 3.12. The van der Waals surface area contributed by atoms with Gasteiger partial charge in [0.1, 0.15) is 5.60 Å². The number of aryl methyl sites for hydroxylation is 1. The third kappa shape index (κ3) is 4.37. The van der Waals surface area contributed by atoms with Crippen molar-refractivity contribution in [2.75, 3.05) is 26.8 Å². The molecule has 124 valence electrons. The van der Waals surface area contributed by atoms with Crippen LogP contribution in [-0.4, -0.2) is 59.3 Å². The Morgan fingerprint density at radius 2 is 2.14 bits per heavy atom. The summed E-state index contributed by atoms with van der Waals surface area (Å²) < 4.78 is 18.3. The van der Waals surface area contributed by atoms with E-state index in [9.17, 15) is 4.79 Å². The van der Waals surface area contributed by atoms with Gasteiger partial charge in [0.2, 0.25) is 0 Å². The number of aromatic nitrogens is 2. The number of amides is 1. The third-order valence-corrected chi connectivity index (χ3v) is 3.48. The predicted molar refractivity (Wildman–Crippen MR) is 80.8 cm³/mol. The smallest absolute Gasteiger partial charge is 0.410 e. The second kappa shape index (κ2) is 6.56. The zero-order valence-corrected chi connectivity index (χ0v) is 13.9. The monoisotopic (exact) mass is 311 g/mol. The van der Waals surface area contributed by atoms with Crippen LogP contribution in [0, 0.1) is 5.92 Å². The fourth-order valence-electron chi connectivity index (χ4n) is 2.42. The molecule has 1 saturated heterocycles. The lowest BCUT2D eigenvalue weighted by atomic mass is 10.1. The van der Waals surface area contributed by atoms with Crippen molar-refractivity contribution in [2.24, 2.45) is 13.0 Å². The minimum absolute atomic E-state index is 0.0517. The van der Waals surface area contributed by atoms with Crippen molar-refractivity contribution in [3.05, 3.63) is 12.4 Å². The molecule has 0 aliphatic carbocycles. The lowest BCUT2D eigenvalue weighted by Crippen LogP contribution is -2.36. The quantitative estimate of drug-likeness (QED) is 0.846. The van der Waals surface area contributed by atoms with Crippen LogP contribution in [0.25, 0.3) is 0 Å². The molecule has 1 aromatic rings. The molecule has 7 heteroatoms. The number of nitrogens with zero attached hydrogens (tertiary/aromatic N) is 3. The van der Waals surface area contributed by atoms with Crippen LogP contribution in [0.3, 0.4) is 0 Å². The molecule has 0 saturated carbocycles. The Morgan fingerprint density at radius 3 is 2.68 bits per heavy atom. The van der Waals surface area contributed by atoms with Crippen molar-refractivity contribution >= 4 is 6.09 Å². The Labute approximate surface area is 131 Å². The topological polar surface area (TPSA) is 65.8 Å². The van der Waals surface area contributed by atoms with Gasteiger partial charge in [-0.1, -0.05) is 0 Å². The molecule has 0 spiro atoms. The maximum absolute atomic E-state index is 12.1. The molecule has 0 radical (unpaired) electrons. The van der Waals surface area contributed by atoms with Crippen LogP contribution in [0.15, 0.2) is 12.4 Å². The second-order valence-electron chi connectivity index (χ2n) is 6.58. The molecule has 1 fully saturated rings. The normalized spacial score (nSPS) is 22.0.